The molecule has 0 unspecified atom stereocenters. The lowest BCUT2D eigenvalue weighted by atomic mass is 9.97. The zero-order valence-corrected chi connectivity index (χ0v) is 21.6. The summed E-state index contributed by atoms with van der Waals surface area (Å²) in [6.07, 6.45) is 2.67. The number of nitrogens with one attached hydrogen (secondary N) is 1. The summed E-state index contributed by atoms with van der Waals surface area (Å²) in [4.78, 5) is 26.0. The maximum absolute atomic E-state index is 13.4. The lowest BCUT2D eigenvalue weighted by Gasteiger charge is -2.24. The fraction of sp³-hybridized carbons (Fsp3) is 0.241. The van der Waals surface area contributed by atoms with Gasteiger partial charge in [-0.25, -0.2) is 9.97 Å². The summed E-state index contributed by atoms with van der Waals surface area (Å²) >= 11 is 0. The second-order valence-electron chi connectivity index (χ2n) is 9.41. The Hall–Kier alpha value is -4.48. The van der Waals surface area contributed by atoms with E-state index in [2.05, 4.69) is 31.2 Å². The van der Waals surface area contributed by atoms with E-state index >= 15 is 0 Å². The summed E-state index contributed by atoms with van der Waals surface area (Å²) in [5.41, 5.74) is 11.9. The minimum atomic E-state index is -0.240. The third kappa shape index (κ3) is 6.02. The summed E-state index contributed by atoms with van der Waals surface area (Å²) in [7, 11) is 6.09. The molecule has 3 aromatic carbocycles. The molecule has 0 radical (unpaired) electrons. The van der Waals surface area contributed by atoms with E-state index in [0.29, 0.717) is 16.8 Å². The van der Waals surface area contributed by atoms with Crippen LogP contribution in [0.25, 0.3) is 22.0 Å². The average molecular weight is 494 g/mol. The van der Waals surface area contributed by atoms with Gasteiger partial charge in [-0.1, -0.05) is 12.1 Å². The van der Waals surface area contributed by atoms with Gasteiger partial charge >= 0.3 is 0 Å². The first-order valence-electron chi connectivity index (χ1n) is 12.1. The van der Waals surface area contributed by atoms with E-state index in [1.54, 1.807) is 18.3 Å². The lowest BCUT2D eigenvalue weighted by molar-refractivity contribution is 0.102. The van der Waals surface area contributed by atoms with Gasteiger partial charge in [-0.3, -0.25) is 4.79 Å². The summed E-state index contributed by atoms with van der Waals surface area (Å²) in [5, 5.41) is 13.3. The quantitative estimate of drug-likeness (QED) is 0.366. The maximum Gasteiger partial charge on any atom is 0.255 e. The lowest BCUT2D eigenvalue weighted by Crippen LogP contribution is -2.25. The van der Waals surface area contributed by atoms with Crippen molar-refractivity contribution >= 4 is 34.1 Å². The van der Waals surface area contributed by atoms with Crippen LogP contribution in [0.5, 0.6) is 0 Å². The van der Waals surface area contributed by atoms with E-state index in [9.17, 15) is 10.1 Å². The van der Waals surface area contributed by atoms with Crippen LogP contribution >= 0.6 is 0 Å². The van der Waals surface area contributed by atoms with E-state index in [1.165, 1.54) is 0 Å². The standard InChI is InChI=1S/C29H31N7O/c1-19-6-8-22(16-24(19)21-9-10-25-23(15-21)18-32-29(31)34-25)28(37)33-26-14-20(17-30)7-11-27(26)36(4)13-5-12-35(2)3/h6-11,14-16,18H,5,12-13H2,1-4H3,(H,33,37)(H2,31,32,34). The zero-order valence-electron chi connectivity index (χ0n) is 21.6. The van der Waals surface area contributed by atoms with Crippen molar-refractivity contribution in [1.29, 1.82) is 5.26 Å². The molecule has 0 fully saturated rings. The van der Waals surface area contributed by atoms with Crippen LogP contribution in [-0.2, 0) is 0 Å². The Labute approximate surface area is 217 Å². The number of nitrogen functional groups attached to an aromatic ring is 1. The van der Waals surface area contributed by atoms with Gasteiger partial charge in [0.05, 0.1) is 28.5 Å². The Bertz CT molecular complexity index is 1490. The van der Waals surface area contributed by atoms with Gasteiger partial charge in [0.2, 0.25) is 5.95 Å². The van der Waals surface area contributed by atoms with Crippen molar-refractivity contribution < 1.29 is 4.79 Å². The number of benzene rings is 3. The largest absolute Gasteiger partial charge is 0.373 e. The van der Waals surface area contributed by atoms with Gasteiger partial charge in [0.1, 0.15) is 0 Å². The minimum Gasteiger partial charge on any atom is -0.373 e. The number of carbonyl (C=O) groups excluding carboxylic acids is 1. The van der Waals surface area contributed by atoms with Crippen molar-refractivity contribution in [2.45, 2.75) is 13.3 Å². The molecule has 8 heteroatoms. The van der Waals surface area contributed by atoms with Crippen molar-refractivity contribution in [1.82, 2.24) is 14.9 Å². The number of amides is 1. The molecule has 0 atom stereocenters. The van der Waals surface area contributed by atoms with E-state index in [1.807, 2.05) is 70.5 Å². The van der Waals surface area contributed by atoms with Crippen molar-refractivity contribution in [3.63, 3.8) is 0 Å². The molecule has 3 N–H and O–H groups in total. The van der Waals surface area contributed by atoms with Gasteiger partial charge in [0.25, 0.3) is 5.91 Å². The van der Waals surface area contributed by atoms with E-state index in [4.69, 9.17) is 5.73 Å². The molecular weight excluding hydrogens is 462 g/mol. The highest BCUT2D eigenvalue weighted by molar-refractivity contribution is 6.07. The van der Waals surface area contributed by atoms with Crippen molar-refractivity contribution in [3.8, 4) is 17.2 Å². The molecule has 1 aromatic heterocycles. The predicted molar refractivity (Wildman–Crippen MR) is 150 cm³/mol. The maximum atomic E-state index is 13.4. The first-order chi connectivity index (χ1) is 17.7. The minimum absolute atomic E-state index is 0.235. The van der Waals surface area contributed by atoms with E-state index in [-0.39, 0.29) is 11.9 Å². The van der Waals surface area contributed by atoms with Gasteiger partial charge in [-0.2, -0.15) is 5.26 Å². The summed E-state index contributed by atoms with van der Waals surface area (Å²) in [5.74, 6) is -0.00513. The number of anilines is 3. The van der Waals surface area contributed by atoms with Gasteiger partial charge in [-0.15, -0.1) is 0 Å². The fourth-order valence-electron chi connectivity index (χ4n) is 4.27. The molecule has 8 nitrogen and oxygen atoms in total. The monoisotopic (exact) mass is 493 g/mol. The predicted octanol–water partition coefficient (Wildman–Crippen LogP) is 4.70. The molecule has 1 amide bonds. The Kier molecular flexibility index (Phi) is 7.66. The topological polar surface area (TPSA) is 111 Å². The van der Waals surface area contributed by atoms with Crippen LogP contribution in [0.15, 0.2) is 60.8 Å². The number of rotatable bonds is 8. The molecule has 1 heterocycles. The third-order valence-electron chi connectivity index (χ3n) is 6.29. The number of hydrogen-bond donors (Lipinski definition) is 2. The molecule has 0 saturated heterocycles. The van der Waals surface area contributed by atoms with Crippen molar-refractivity contribution in [3.05, 3.63) is 77.5 Å². The molecule has 4 aromatic rings. The molecule has 188 valence electrons. The molecule has 37 heavy (non-hydrogen) atoms. The molecule has 0 aliphatic heterocycles. The Morgan fingerprint density at radius 1 is 1.05 bits per heavy atom. The van der Waals surface area contributed by atoms with E-state index < -0.39 is 0 Å². The number of aryl methyl sites for hydroxylation is 1. The van der Waals surface area contributed by atoms with Gasteiger partial charge in [0, 0.05) is 30.7 Å². The third-order valence-corrected chi connectivity index (χ3v) is 6.29. The molecule has 4 rings (SSSR count). The Morgan fingerprint density at radius 3 is 2.62 bits per heavy atom. The highest BCUT2D eigenvalue weighted by atomic mass is 16.1. The molecule has 0 aliphatic carbocycles. The van der Waals surface area contributed by atoms with Crippen LogP contribution in [0.4, 0.5) is 17.3 Å². The Balaban J connectivity index is 1.62. The van der Waals surface area contributed by atoms with Gasteiger partial charge in [-0.05, 0) is 93.1 Å². The van der Waals surface area contributed by atoms with Crippen molar-refractivity contribution in [2.24, 2.45) is 0 Å². The first kappa shape index (κ1) is 25.6. The molecule has 0 bridgehead atoms. The molecular formula is C29H31N7O. The molecule has 0 spiro atoms. The second kappa shape index (κ2) is 11.1. The number of hydrogen-bond acceptors (Lipinski definition) is 7. The zero-order chi connectivity index (χ0) is 26.5. The normalized spacial score (nSPS) is 10.9. The van der Waals surface area contributed by atoms with Crippen LogP contribution in [0, 0.1) is 18.3 Å². The van der Waals surface area contributed by atoms with Crippen LogP contribution in [0.2, 0.25) is 0 Å². The van der Waals surface area contributed by atoms with Crippen LogP contribution < -0.4 is 16.0 Å². The molecule has 0 aliphatic rings. The SMILES string of the molecule is Cc1ccc(C(=O)Nc2cc(C#N)ccc2N(C)CCCN(C)C)cc1-c1ccc2nc(N)ncc2c1. The van der Waals surface area contributed by atoms with Gasteiger partial charge in [0.15, 0.2) is 0 Å². The summed E-state index contributed by atoms with van der Waals surface area (Å²) < 4.78 is 0. The summed E-state index contributed by atoms with van der Waals surface area (Å²) in [6, 6.07) is 19.1. The average Bonchev–Trinajstić information content (AvgIpc) is 2.88. The smallest absolute Gasteiger partial charge is 0.255 e. The van der Waals surface area contributed by atoms with Crippen LogP contribution in [0.3, 0.4) is 0 Å². The number of carbonyl (C=O) groups is 1. The highest BCUT2D eigenvalue weighted by Crippen LogP contribution is 2.30. The number of aromatic nitrogens is 2. The number of nitrogens with two attached hydrogens (primary N) is 1. The van der Waals surface area contributed by atoms with Crippen LogP contribution in [-0.4, -0.2) is 55.0 Å². The highest BCUT2D eigenvalue weighted by Gasteiger charge is 2.15. The Morgan fingerprint density at radius 2 is 1.86 bits per heavy atom. The fourth-order valence-corrected chi connectivity index (χ4v) is 4.27. The van der Waals surface area contributed by atoms with Crippen molar-refractivity contribution in [2.75, 3.05) is 50.2 Å². The second-order valence-corrected chi connectivity index (χ2v) is 9.41. The number of fused-ring (bicyclic) bond motifs is 1. The molecule has 0 saturated carbocycles. The number of nitriles is 1. The van der Waals surface area contributed by atoms with Crippen LogP contribution in [0.1, 0.15) is 27.9 Å². The number of nitrogens with zero attached hydrogens (tertiary/aromatic N) is 5. The van der Waals surface area contributed by atoms with Gasteiger partial charge < -0.3 is 20.9 Å². The van der Waals surface area contributed by atoms with E-state index in [0.717, 1.165) is 52.8 Å². The summed E-state index contributed by atoms with van der Waals surface area (Å²) in [6.45, 7) is 3.79. The first-order valence-corrected chi connectivity index (χ1v) is 12.1.